The first-order valence-electron chi connectivity index (χ1n) is 10.1. The van der Waals surface area contributed by atoms with Crippen LogP contribution < -0.4 is 11.1 Å². The quantitative estimate of drug-likeness (QED) is 0.728. The molecule has 3 rings (SSSR count). The van der Waals surface area contributed by atoms with Crippen molar-refractivity contribution in [1.82, 2.24) is 25.0 Å². The first-order chi connectivity index (χ1) is 14.2. The summed E-state index contributed by atoms with van der Waals surface area (Å²) in [5.41, 5.74) is 7.68. The van der Waals surface area contributed by atoms with Gasteiger partial charge in [0.1, 0.15) is 18.7 Å². The molecule has 30 heavy (non-hydrogen) atoms. The van der Waals surface area contributed by atoms with Gasteiger partial charge in [-0.2, -0.15) is 5.10 Å². The lowest BCUT2D eigenvalue weighted by molar-refractivity contribution is -0.139. The topological polar surface area (TPSA) is 106 Å². The number of halogens is 1. The number of likely N-dealkylation sites (tertiary alicyclic amines) is 1. The van der Waals surface area contributed by atoms with Gasteiger partial charge < -0.3 is 16.0 Å². The average Bonchev–Trinajstić information content (AvgIpc) is 3.36. The second kappa shape index (κ2) is 9.14. The van der Waals surface area contributed by atoms with Crippen LogP contribution in [0, 0.1) is 5.41 Å². The molecule has 2 amide bonds. The van der Waals surface area contributed by atoms with Gasteiger partial charge in [0.25, 0.3) is 0 Å². The van der Waals surface area contributed by atoms with Crippen molar-refractivity contribution in [2.24, 2.45) is 11.1 Å². The van der Waals surface area contributed by atoms with E-state index in [1.54, 1.807) is 28.0 Å². The average molecular weight is 433 g/mol. The van der Waals surface area contributed by atoms with Crippen molar-refractivity contribution in [1.29, 1.82) is 0 Å². The van der Waals surface area contributed by atoms with E-state index in [-0.39, 0.29) is 23.8 Å². The smallest absolute Gasteiger partial charge is 0.243 e. The van der Waals surface area contributed by atoms with Crippen molar-refractivity contribution in [2.45, 2.75) is 58.7 Å². The molecule has 1 aliphatic heterocycles. The molecule has 0 radical (unpaired) electrons. The first-order valence-corrected chi connectivity index (χ1v) is 10.5. The molecule has 0 unspecified atom stereocenters. The van der Waals surface area contributed by atoms with Crippen LogP contribution >= 0.6 is 11.6 Å². The second-order valence-electron chi connectivity index (χ2n) is 8.89. The van der Waals surface area contributed by atoms with Crippen molar-refractivity contribution in [3.63, 3.8) is 0 Å². The fourth-order valence-corrected chi connectivity index (χ4v) is 4.01. The number of nitrogens with two attached hydrogens (primary N) is 1. The fourth-order valence-electron chi connectivity index (χ4n) is 3.82. The monoisotopic (exact) mass is 432 g/mol. The fraction of sp³-hybridized carbons (Fsp3) is 0.524. The number of benzene rings is 1. The summed E-state index contributed by atoms with van der Waals surface area (Å²) >= 11 is 6.15. The molecule has 1 aromatic carbocycles. The van der Waals surface area contributed by atoms with Crippen LogP contribution in [-0.4, -0.2) is 50.1 Å². The standard InChI is InChI=1S/C21H29ClN6O2/c1-21(2,3)10-16(23)20(30)27-8-4-5-18(27)19(29)25-11-14-9-15(22)6-7-17(14)28-13-24-12-26-28/h6-7,9,12-13,16,18H,4-5,8,10-11,23H2,1-3H3,(H,25,29)/t16-,18+/m1/s1. The molecule has 0 saturated carbocycles. The summed E-state index contributed by atoms with van der Waals surface area (Å²) in [6.07, 6.45) is 5.02. The zero-order chi connectivity index (χ0) is 21.9. The van der Waals surface area contributed by atoms with E-state index in [1.165, 1.54) is 6.33 Å². The summed E-state index contributed by atoms with van der Waals surface area (Å²) in [4.78, 5) is 31.4. The number of carbonyl (C=O) groups excluding carboxylic acids is 2. The van der Waals surface area contributed by atoms with E-state index in [4.69, 9.17) is 17.3 Å². The predicted octanol–water partition coefficient (Wildman–Crippen LogP) is 2.29. The second-order valence-corrected chi connectivity index (χ2v) is 9.33. The number of nitrogens with one attached hydrogen (secondary N) is 1. The molecule has 3 N–H and O–H groups in total. The minimum absolute atomic E-state index is 0.0586. The minimum Gasteiger partial charge on any atom is -0.350 e. The summed E-state index contributed by atoms with van der Waals surface area (Å²) in [7, 11) is 0. The SMILES string of the molecule is CC(C)(C)C[C@@H](N)C(=O)N1CCC[C@H]1C(=O)NCc1cc(Cl)ccc1-n1cncn1. The van der Waals surface area contributed by atoms with Gasteiger partial charge >= 0.3 is 0 Å². The minimum atomic E-state index is -0.606. The molecule has 1 fully saturated rings. The number of rotatable bonds is 6. The number of nitrogens with zero attached hydrogens (tertiary/aromatic N) is 4. The molecular weight excluding hydrogens is 404 g/mol. The van der Waals surface area contributed by atoms with E-state index >= 15 is 0 Å². The summed E-state index contributed by atoms with van der Waals surface area (Å²) in [6.45, 7) is 6.96. The number of hydrogen-bond donors (Lipinski definition) is 2. The van der Waals surface area contributed by atoms with Gasteiger partial charge in [-0.15, -0.1) is 0 Å². The Bertz CT molecular complexity index is 893. The zero-order valence-electron chi connectivity index (χ0n) is 17.6. The van der Waals surface area contributed by atoms with Crippen molar-refractivity contribution >= 4 is 23.4 Å². The normalized spacial score (nSPS) is 17.8. The number of carbonyl (C=O) groups is 2. The van der Waals surface area contributed by atoms with Crippen molar-refractivity contribution in [3.05, 3.63) is 41.4 Å². The Balaban J connectivity index is 1.68. The molecular formula is C21H29ClN6O2. The lowest BCUT2D eigenvalue weighted by Crippen LogP contribution is -2.51. The van der Waals surface area contributed by atoms with Crippen LogP contribution in [-0.2, 0) is 16.1 Å². The van der Waals surface area contributed by atoms with Crippen LogP contribution in [0.15, 0.2) is 30.9 Å². The molecule has 162 valence electrons. The first kappa shape index (κ1) is 22.2. The molecule has 1 saturated heterocycles. The predicted molar refractivity (Wildman–Crippen MR) is 115 cm³/mol. The third-order valence-corrected chi connectivity index (χ3v) is 5.38. The molecule has 1 aromatic heterocycles. The van der Waals surface area contributed by atoms with Gasteiger partial charge in [0.15, 0.2) is 0 Å². The zero-order valence-corrected chi connectivity index (χ0v) is 18.4. The Hall–Kier alpha value is -2.45. The maximum absolute atomic E-state index is 12.9. The lowest BCUT2D eigenvalue weighted by Gasteiger charge is -2.29. The van der Waals surface area contributed by atoms with Crippen LogP contribution in [0.2, 0.25) is 5.02 Å². The Kier molecular flexibility index (Phi) is 6.77. The molecule has 2 heterocycles. The van der Waals surface area contributed by atoms with Crippen LogP contribution in [0.3, 0.4) is 0 Å². The highest BCUT2D eigenvalue weighted by molar-refractivity contribution is 6.30. The van der Waals surface area contributed by atoms with Crippen molar-refractivity contribution < 1.29 is 9.59 Å². The van der Waals surface area contributed by atoms with Gasteiger partial charge in [-0.1, -0.05) is 32.4 Å². The van der Waals surface area contributed by atoms with Crippen LogP contribution in [0.5, 0.6) is 0 Å². The maximum Gasteiger partial charge on any atom is 0.243 e. The van der Waals surface area contributed by atoms with Crippen molar-refractivity contribution in [2.75, 3.05) is 6.54 Å². The van der Waals surface area contributed by atoms with Crippen LogP contribution in [0.1, 0.15) is 45.6 Å². The highest BCUT2D eigenvalue weighted by Crippen LogP contribution is 2.24. The molecule has 8 nitrogen and oxygen atoms in total. The maximum atomic E-state index is 12.9. The Morgan fingerprint density at radius 3 is 2.80 bits per heavy atom. The lowest BCUT2D eigenvalue weighted by atomic mass is 9.88. The van der Waals surface area contributed by atoms with Crippen LogP contribution in [0.4, 0.5) is 0 Å². The Labute approximate surface area is 181 Å². The van der Waals surface area contributed by atoms with Gasteiger partial charge in [-0.3, -0.25) is 9.59 Å². The van der Waals surface area contributed by atoms with Gasteiger partial charge in [0, 0.05) is 18.1 Å². The molecule has 1 aliphatic rings. The number of aromatic nitrogens is 3. The molecule has 9 heteroatoms. The van der Waals surface area contributed by atoms with Gasteiger partial charge in [0.05, 0.1) is 11.7 Å². The number of hydrogen-bond acceptors (Lipinski definition) is 5. The van der Waals surface area contributed by atoms with Gasteiger partial charge in [-0.25, -0.2) is 9.67 Å². The van der Waals surface area contributed by atoms with Crippen molar-refractivity contribution in [3.8, 4) is 5.69 Å². The van der Waals surface area contributed by atoms with E-state index in [2.05, 4.69) is 15.4 Å². The van der Waals surface area contributed by atoms with Gasteiger partial charge in [0.2, 0.25) is 11.8 Å². The summed E-state index contributed by atoms with van der Waals surface area (Å²) in [5.74, 6) is -0.345. The molecule has 2 atom stereocenters. The van der Waals surface area contributed by atoms with E-state index in [0.29, 0.717) is 24.4 Å². The molecule has 0 bridgehead atoms. The summed E-state index contributed by atoms with van der Waals surface area (Å²) < 4.78 is 1.62. The molecule has 0 spiro atoms. The molecule has 2 aromatic rings. The largest absolute Gasteiger partial charge is 0.350 e. The van der Waals surface area contributed by atoms with E-state index in [9.17, 15) is 9.59 Å². The number of amides is 2. The Morgan fingerprint density at radius 2 is 2.13 bits per heavy atom. The van der Waals surface area contributed by atoms with E-state index in [1.807, 2.05) is 26.8 Å². The van der Waals surface area contributed by atoms with E-state index < -0.39 is 12.1 Å². The summed E-state index contributed by atoms with van der Waals surface area (Å²) in [5, 5.41) is 7.66. The third-order valence-electron chi connectivity index (χ3n) is 5.15. The Morgan fingerprint density at radius 1 is 1.37 bits per heavy atom. The van der Waals surface area contributed by atoms with Crippen LogP contribution in [0.25, 0.3) is 5.69 Å². The highest BCUT2D eigenvalue weighted by Gasteiger charge is 2.37. The third kappa shape index (κ3) is 5.37. The van der Waals surface area contributed by atoms with Gasteiger partial charge in [-0.05, 0) is 48.4 Å². The highest BCUT2D eigenvalue weighted by atomic mass is 35.5. The van der Waals surface area contributed by atoms with E-state index in [0.717, 1.165) is 17.7 Å². The summed E-state index contributed by atoms with van der Waals surface area (Å²) in [6, 6.07) is 4.27. The molecule has 0 aliphatic carbocycles.